The highest BCUT2D eigenvalue weighted by atomic mass is 32.2. The Morgan fingerprint density at radius 1 is 1.05 bits per heavy atom. The molecule has 0 fully saturated rings. The average Bonchev–Trinajstić information content (AvgIpc) is 3.29. The van der Waals surface area contributed by atoms with Gasteiger partial charge in [-0.2, -0.15) is 21.6 Å². The minimum absolute atomic E-state index is 0.239. The number of carboxylic acid groups (broad SMARTS) is 1. The highest BCUT2D eigenvalue weighted by Gasteiger charge is 2.37. The molecular weight excluding hydrogens is 539 g/mol. The minimum atomic E-state index is -4.20. The quantitative estimate of drug-likeness (QED) is 0.331. The maximum atomic E-state index is 12.6. The molecule has 1 atom stereocenters. The van der Waals surface area contributed by atoms with Crippen LogP contribution < -0.4 is 13.5 Å². The Bertz CT molecular complexity index is 1450. The Morgan fingerprint density at radius 2 is 1.67 bits per heavy atom. The lowest BCUT2D eigenvalue weighted by Gasteiger charge is -2.19. The zero-order valence-corrected chi connectivity index (χ0v) is 22.7. The first-order chi connectivity index (χ1) is 18.0. The summed E-state index contributed by atoms with van der Waals surface area (Å²) in [4.78, 5) is 35.6. The number of Topliss-reactive ketones (excluding diaryl/α,β-unsaturated/α-hetero) is 1. The fraction of sp³-hybridized carbons (Fsp3) is 0.346. The van der Waals surface area contributed by atoms with Gasteiger partial charge in [0.25, 0.3) is 0 Å². The summed E-state index contributed by atoms with van der Waals surface area (Å²) in [5.74, 6) is -2.43. The van der Waals surface area contributed by atoms with Crippen LogP contribution in [0.15, 0.2) is 48.2 Å². The predicted molar refractivity (Wildman–Crippen MR) is 140 cm³/mol. The molecule has 1 amide bonds. The molecule has 39 heavy (non-hydrogen) atoms. The summed E-state index contributed by atoms with van der Waals surface area (Å²) >= 11 is 0. The van der Waals surface area contributed by atoms with E-state index in [0.717, 1.165) is 38.6 Å². The topological polar surface area (TPSA) is 115 Å². The number of hydrogen-bond acceptors (Lipinski definition) is 5. The molecule has 0 bridgehead atoms. The summed E-state index contributed by atoms with van der Waals surface area (Å²) in [7, 11) is -0.906. The molecule has 4 rings (SSSR count). The van der Waals surface area contributed by atoms with Crippen molar-refractivity contribution in [2.45, 2.75) is 45.7 Å². The normalized spacial score (nSPS) is 17.6. The van der Waals surface area contributed by atoms with Crippen LogP contribution in [-0.4, -0.2) is 45.3 Å². The Labute approximate surface area is 224 Å². The van der Waals surface area contributed by atoms with Crippen LogP contribution in [0.3, 0.4) is 0 Å². The average molecular weight is 568 g/mol. The number of ketones is 1. The van der Waals surface area contributed by atoms with Crippen molar-refractivity contribution in [3.05, 3.63) is 64.9 Å². The summed E-state index contributed by atoms with van der Waals surface area (Å²) < 4.78 is 64.2. The van der Waals surface area contributed by atoms with E-state index in [2.05, 4.69) is 0 Å². The number of carbonyl (C=O) groups is 3. The van der Waals surface area contributed by atoms with Gasteiger partial charge in [-0.15, -0.1) is 0 Å². The maximum Gasteiger partial charge on any atom is 0.416 e. The zero-order chi connectivity index (χ0) is 29.4. The van der Waals surface area contributed by atoms with Gasteiger partial charge in [-0.25, -0.2) is 4.79 Å². The summed E-state index contributed by atoms with van der Waals surface area (Å²) in [5.41, 5.74) is 1.37. The van der Waals surface area contributed by atoms with Crippen LogP contribution in [-0.2, 0) is 37.2 Å². The van der Waals surface area contributed by atoms with Gasteiger partial charge in [-0.05, 0) is 61.1 Å². The number of alkyl halides is 3. The number of carbonyl (C=O) groups excluding carboxylic acids is 2. The highest BCUT2D eigenvalue weighted by Crippen LogP contribution is 2.42. The highest BCUT2D eigenvalue weighted by molar-refractivity contribution is 7.94. The lowest BCUT2D eigenvalue weighted by Crippen LogP contribution is -2.32. The molecule has 2 aliphatic rings. The number of rotatable bonds is 4. The molecule has 1 aliphatic heterocycles. The number of nitrogens with zero attached hydrogens (tertiary/aromatic N) is 3. The van der Waals surface area contributed by atoms with E-state index in [1.54, 1.807) is 0 Å². The number of aliphatic carboxylic acids is 1. The maximum absolute atomic E-state index is 12.6. The SMILES string of the molecule is CC(=O)/C(=C\N(C(C)=O)c1ccc2c(c1)N(C)S(=O)(=O)N2C)C(=O)O.CC1CCc2c1cccc2C(F)(F)F. The van der Waals surface area contributed by atoms with E-state index < -0.39 is 45.2 Å². The first-order valence-electron chi connectivity index (χ1n) is 11.8. The number of hydrogen-bond donors (Lipinski definition) is 1. The van der Waals surface area contributed by atoms with Crippen molar-refractivity contribution in [3.8, 4) is 0 Å². The number of carboxylic acids is 1. The zero-order valence-electron chi connectivity index (χ0n) is 21.9. The molecule has 0 spiro atoms. The van der Waals surface area contributed by atoms with Gasteiger partial charge in [0.1, 0.15) is 5.57 Å². The smallest absolute Gasteiger partial charge is 0.416 e. The van der Waals surface area contributed by atoms with Crippen molar-refractivity contribution in [1.29, 1.82) is 0 Å². The Balaban J connectivity index is 0.000000252. The Kier molecular flexibility index (Phi) is 8.15. The second kappa shape index (κ2) is 10.7. The molecule has 210 valence electrons. The standard InChI is InChI=1S/C15H17N3O6S.C11H11F3/c1-9(19)12(15(21)22)8-18(10(2)20)11-5-6-13-14(7-11)17(4)25(23,24)16(13)3;1-7-5-6-9-8(7)3-2-4-10(9)11(12,13)14/h5-8H,1-4H3,(H,21,22);2-4,7H,5-6H2,1H3/b12-8+;. The largest absolute Gasteiger partial charge is 0.478 e. The summed E-state index contributed by atoms with van der Waals surface area (Å²) in [6.07, 6.45) is -1.87. The molecule has 2 aromatic carbocycles. The van der Waals surface area contributed by atoms with Crippen LogP contribution in [0.5, 0.6) is 0 Å². The fourth-order valence-corrected chi connectivity index (χ4v) is 5.68. The van der Waals surface area contributed by atoms with Crippen LogP contribution >= 0.6 is 0 Å². The molecule has 13 heteroatoms. The van der Waals surface area contributed by atoms with Gasteiger partial charge >= 0.3 is 22.4 Å². The molecule has 0 aromatic heterocycles. The summed E-state index contributed by atoms with van der Waals surface area (Å²) in [6.45, 7) is 4.26. The Hall–Kier alpha value is -3.87. The van der Waals surface area contributed by atoms with Gasteiger partial charge in [0.05, 0.1) is 22.6 Å². The van der Waals surface area contributed by atoms with E-state index in [4.69, 9.17) is 5.11 Å². The van der Waals surface area contributed by atoms with Crippen molar-refractivity contribution in [2.24, 2.45) is 0 Å². The molecule has 1 N–H and O–H groups in total. The van der Waals surface area contributed by atoms with Gasteiger partial charge in [0.15, 0.2) is 5.78 Å². The van der Waals surface area contributed by atoms with Gasteiger partial charge in [0, 0.05) is 27.2 Å². The third-order valence-corrected chi connectivity index (χ3v) is 8.47. The van der Waals surface area contributed by atoms with Crippen molar-refractivity contribution in [1.82, 2.24) is 0 Å². The first kappa shape index (κ1) is 29.7. The lowest BCUT2D eigenvalue weighted by atomic mass is 10.00. The number of amides is 1. The fourth-order valence-electron chi connectivity index (χ4n) is 4.51. The number of benzene rings is 2. The van der Waals surface area contributed by atoms with E-state index in [1.807, 2.05) is 13.0 Å². The van der Waals surface area contributed by atoms with Gasteiger partial charge in [0.2, 0.25) is 5.91 Å². The van der Waals surface area contributed by atoms with Crippen LogP contribution in [0, 0.1) is 0 Å². The molecule has 9 nitrogen and oxygen atoms in total. The van der Waals surface area contributed by atoms with E-state index in [1.165, 1.54) is 51.4 Å². The molecule has 1 heterocycles. The van der Waals surface area contributed by atoms with E-state index in [9.17, 15) is 36.0 Å². The van der Waals surface area contributed by atoms with Crippen LogP contribution in [0.25, 0.3) is 0 Å². The van der Waals surface area contributed by atoms with E-state index >= 15 is 0 Å². The minimum Gasteiger partial charge on any atom is -0.478 e. The molecule has 0 saturated carbocycles. The van der Waals surface area contributed by atoms with Gasteiger partial charge in [-0.3, -0.25) is 23.1 Å². The van der Waals surface area contributed by atoms with Crippen LogP contribution in [0.4, 0.5) is 30.2 Å². The molecule has 1 unspecified atom stereocenters. The first-order valence-corrected chi connectivity index (χ1v) is 13.2. The van der Waals surface area contributed by atoms with Gasteiger partial charge < -0.3 is 5.11 Å². The molecule has 0 saturated heterocycles. The van der Waals surface area contributed by atoms with Crippen molar-refractivity contribution < 1.29 is 41.1 Å². The second-order valence-corrected chi connectivity index (χ2v) is 11.2. The van der Waals surface area contributed by atoms with Crippen LogP contribution in [0.1, 0.15) is 49.8 Å². The molecule has 0 radical (unpaired) electrons. The lowest BCUT2D eigenvalue weighted by molar-refractivity contribution is -0.138. The molecule has 1 aliphatic carbocycles. The van der Waals surface area contributed by atoms with Gasteiger partial charge in [-0.1, -0.05) is 19.1 Å². The number of anilines is 3. The van der Waals surface area contributed by atoms with Crippen molar-refractivity contribution >= 4 is 44.9 Å². The van der Waals surface area contributed by atoms with E-state index in [-0.39, 0.29) is 11.6 Å². The second-order valence-electron chi connectivity index (χ2n) is 9.22. The van der Waals surface area contributed by atoms with E-state index in [0.29, 0.717) is 23.4 Å². The molecular formula is C26H28F3N3O6S. The number of fused-ring (bicyclic) bond motifs is 2. The van der Waals surface area contributed by atoms with Crippen LogP contribution in [0.2, 0.25) is 0 Å². The Morgan fingerprint density at radius 3 is 2.21 bits per heavy atom. The number of halogens is 3. The van der Waals surface area contributed by atoms with Crippen molar-refractivity contribution in [3.63, 3.8) is 0 Å². The third kappa shape index (κ3) is 5.77. The monoisotopic (exact) mass is 567 g/mol. The predicted octanol–water partition coefficient (Wildman–Crippen LogP) is 4.48. The summed E-state index contributed by atoms with van der Waals surface area (Å²) in [5, 5.41) is 9.10. The summed E-state index contributed by atoms with van der Waals surface area (Å²) in [6, 6.07) is 8.90. The van der Waals surface area contributed by atoms with Crippen molar-refractivity contribution in [2.75, 3.05) is 27.6 Å². The molecule has 2 aromatic rings. The third-order valence-electron chi connectivity index (χ3n) is 6.69.